The summed E-state index contributed by atoms with van der Waals surface area (Å²) in [5.74, 6) is 1.10. The Morgan fingerprint density at radius 3 is 2.39 bits per heavy atom. The molecule has 0 radical (unpaired) electrons. The molecule has 0 bridgehead atoms. The van der Waals surface area contributed by atoms with E-state index in [0.717, 1.165) is 12.5 Å². The van der Waals surface area contributed by atoms with E-state index in [1.54, 1.807) is 19.7 Å². The molecule has 100 valence electrons. The van der Waals surface area contributed by atoms with Crippen LogP contribution in [0, 0.1) is 5.92 Å². The van der Waals surface area contributed by atoms with Crippen LogP contribution in [0.4, 0.5) is 0 Å². The normalized spacial score (nSPS) is 23.9. The molecule has 3 rings (SSSR count). The van der Waals surface area contributed by atoms with Gasteiger partial charge in [0.05, 0.1) is 0 Å². The molecule has 0 aromatic heterocycles. The van der Waals surface area contributed by atoms with Crippen molar-refractivity contribution in [1.29, 1.82) is 0 Å². The van der Waals surface area contributed by atoms with Crippen molar-refractivity contribution in [2.75, 3.05) is 26.4 Å². The van der Waals surface area contributed by atoms with Gasteiger partial charge in [-0.25, -0.2) is 0 Å². The average molecular weight is 357 g/mol. The van der Waals surface area contributed by atoms with Crippen LogP contribution in [0.15, 0.2) is 30.3 Å². The Bertz CT molecular complexity index is 353. The summed E-state index contributed by atoms with van der Waals surface area (Å²) in [7, 11) is 0. The summed E-state index contributed by atoms with van der Waals surface area (Å²) in [5, 5.41) is 0. The zero-order chi connectivity index (χ0) is 12.2. The molecular weight excluding hydrogens is 333 g/mol. The van der Waals surface area contributed by atoms with Crippen molar-refractivity contribution in [2.45, 2.75) is 25.8 Å². The Kier molecular flexibility index (Phi) is 4.58. The average Bonchev–Trinajstić information content (AvgIpc) is 2.37. The van der Waals surface area contributed by atoms with Crippen LogP contribution in [0.3, 0.4) is 0 Å². The number of alkyl halides is 3. The Labute approximate surface area is 118 Å². The van der Waals surface area contributed by atoms with Gasteiger partial charge >= 0.3 is 119 Å². The Hall–Kier alpha value is -0.0900. The van der Waals surface area contributed by atoms with Crippen LogP contribution in [-0.4, -0.2) is 31.3 Å². The number of likely N-dealkylation sites (tertiary alicyclic amines) is 1. The minimum absolute atomic E-state index is 0.344. The number of hydrogen-bond acceptors (Lipinski definition) is 1. The van der Waals surface area contributed by atoms with Crippen molar-refractivity contribution in [3.05, 3.63) is 35.9 Å². The molecule has 2 fully saturated rings. The van der Waals surface area contributed by atoms with Crippen LogP contribution in [0.5, 0.6) is 0 Å². The van der Waals surface area contributed by atoms with E-state index in [9.17, 15) is 0 Å². The Morgan fingerprint density at radius 2 is 1.78 bits per heavy atom. The molecule has 2 heterocycles. The third-order valence-corrected chi connectivity index (χ3v) is 11.3. The molecular formula is C16H24IN. The Balaban J connectivity index is 1.42. The molecule has 0 spiro atoms. The summed E-state index contributed by atoms with van der Waals surface area (Å²) >= 11 is -0.344. The molecule has 1 aromatic carbocycles. The van der Waals surface area contributed by atoms with Gasteiger partial charge in [-0.1, -0.05) is 0 Å². The molecule has 1 aromatic rings. The topological polar surface area (TPSA) is 3.24 Å². The molecule has 0 unspecified atom stereocenters. The molecule has 0 N–H and O–H groups in total. The van der Waals surface area contributed by atoms with E-state index in [0.29, 0.717) is 0 Å². The molecule has 0 amide bonds. The van der Waals surface area contributed by atoms with Crippen molar-refractivity contribution in [3.63, 3.8) is 0 Å². The fourth-order valence-electron chi connectivity index (χ4n) is 2.93. The van der Waals surface area contributed by atoms with Crippen molar-refractivity contribution in [2.24, 2.45) is 5.92 Å². The molecule has 0 aliphatic carbocycles. The summed E-state index contributed by atoms with van der Waals surface area (Å²) in [5.41, 5.74) is 1.48. The van der Waals surface area contributed by atoms with E-state index in [1.165, 1.54) is 31.5 Å². The summed E-state index contributed by atoms with van der Waals surface area (Å²) < 4.78 is 5.03. The molecule has 2 saturated heterocycles. The summed E-state index contributed by atoms with van der Waals surface area (Å²) in [6.45, 7) is 3.84. The fourth-order valence-corrected chi connectivity index (χ4v) is 8.29. The quantitative estimate of drug-likeness (QED) is 0.585. The standard InChI is InChI=1S/C16H24IN/c1-2-5-16(6-3-1)14-18-11-7-15(8-12-18)13-17-9-4-10-17/h1-3,5-6,15H,4,7-14H2. The first-order chi connectivity index (χ1) is 8.90. The Morgan fingerprint density at radius 1 is 1.06 bits per heavy atom. The number of nitrogens with zero attached hydrogens (tertiary/aromatic N) is 1. The van der Waals surface area contributed by atoms with Crippen molar-refractivity contribution in [1.82, 2.24) is 4.90 Å². The summed E-state index contributed by atoms with van der Waals surface area (Å²) in [6.07, 6.45) is 4.51. The predicted octanol–water partition coefficient (Wildman–Crippen LogP) is 3.81. The van der Waals surface area contributed by atoms with Gasteiger partial charge in [-0.15, -0.1) is 0 Å². The zero-order valence-electron chi connectivity index (χ0n) is 11.2. The van der Waals surface area contributed by atoms with Gasteiger partial charge in [0.15, 0.2) is 0 Å². The maximum absolute atomic E-state index is 2.65. The number of hydrogen-bond donors (Lipinski definition) is 0. The minimum atomic E-state index is -0.344. The van der Waals surface area contributed by atoms with E-state index < -0.39 is 0 Å². The van der Waals surface area contributed by atoms with E-state index in [1.807, 2.05) is 0 Å². The molecule has 2 heteroatoms. The first-order valence-corrected chi connectivity index (χ1v) is 11.8. The maximum atomic E-state index is 2.65. The second-order valence-corrected chi connectivity index (χ2v) is 11.9. The van der Waals surface area contributed by atoms with Crippen LogP contribution >= 0.6 is 19.8 Å². The van der Waals surface area contributed by atoms with Gasteiger partial charge < -0.3 is 0 Å². The van der Waals surface area contributed by atoms with Crippen LogP contribution < -0.4 is 0 Å². The number of rotatable bonds is 4. The van der Waals surface area contributed by atoms with Crippen LogP contribution in [-0.2, 0) is 6.54 Å². The van der Waals surface area contributed by atoms with E-state index in [4.69, 9.17) is 0 Å². The van der Waals surface area contributed by atoms with Gasteiger partial charge in [0, 0.05) is 0 Å². The monoisotopic (exact) mass is 357 g/mol. The molecule has 18 heavy (non-hydrogen) atoms. The second-order valence-electron chi connectivity index (χ2n) is 5.66. The van der Waals surface area contributed by atoms with E-state index >= 15 is 0 Å². The number of benzene rings is 1. The van der Waals surface area contributed by atoms with Gasteiger partial charge in [0.2, 0.25) is 0 Å². The molecule has 0 atom stereocenters. The van der Waals surface area contributed by atoms with Gasteiger partial charge in [0.25, 0.3) is 0 Å². The molecule has 1 nitrogen and oxygen atoms in total. The SMILES string of the molecule is c1ccc(CN2CCC(CI3CCC3)CC2)cc1. The molecule has 0 saturated carbocycles. The molecule has 2 aliphatic heterocycles. The van der Waals surface area contributed by atoms with Crippen LogP contribution in [0.2, 0.25) is 0 Å². The van der Waals surface area contributed by atoms with Crippen LogP contribution in [0.1, 0.15) is 24.8 Å². The van der Waals surface area contributed by atoms with Gasteiger partial charge in [0.1, 0.15) is 0 Å². The van der Waals surface area contributed by atoms with E-state index in [-0.39, 0.29) is 19.8 Å². The molecule has 2 aliphatic rings. The van der Waals surface area contributed by atoms with Crippen LogP contribution in [0.25, 0.3) is 0 Å². The first kappa shape index (κ1) is 12.9. The van der Waals surface area contributed by atoms with Gasteiger partial charge in [-0.3, -0.25) is 0 Å². The predicted molar refractivity (Wildman–Crippen MR) is 87.7 cm³/mol. The third-order valence-electron chi connectivity index (χ3n) is 4.19. The van der Waals surface area contributed by atoms with Crippen molar-refractivity contribution < 1.29 is 0 Å². The van der Waals surface area contributed by atoms with Gasteiger partial charge in [-0.2, -0.15) is 0 Å². The second kappa shape index (κ2) is 6.38. The van der Waals surface area contributed by atoms with E-state index in [2.05, 4.69) is 35.2 Å². The summed E-state index contributed by atoms with van der Waals surface area (Å²) in [4.78, 5) is 2.65. The van der Waals surface area contributed by atoms with Crippen molar-refractivity contribution >= 4 is 19.8 Å². The van der Waals surface area contributed by atoms with Crippen molar-refractivity contribution in [3.8, 4) is 0 Å². The number of halogens is 1. The first-order valence-electron chi connectivity index (χ1n) is 7.24. The number of piperidine rings is 1. The summed E-state index contributed by atoms with van der Waals surface area (Å²) in [6, 6.07) is 10.9. The fraction of sp³-hybridized carbons (Fsp3) is 0.625. The zero-order valence-corrected chi connectivity index (χ0v) is 13.3. The van der Waals surface area contributed by atoms with Gasteiger partial charge in [-0.05, 0) is 0 Å². The third kappa shape index (κ3) is 3.47.